The van der Waals surface area contributed by atoms with E-state index in [1.165, 1.54) is 5.56 Å². The lowest BCUT2D eigenvalue weighted by Gasteiger charge is -2.35. The van der Waals surface area contributed by atoms with E-state index in [-0.39, 0.29) is 17.7 Å². The summed E-state index contributed by atoms with van der Waals surface area (Å²) in [5.74, 6) is 1.12. The minimum Gasteiger partial charge on any atom is -0.355 e. The summed E-state index contributed by atoms with van der Waals surface area (Å²) in [6.45, 7) is 6.55. The van der Waals surface area contributed by atoms with Gasteiger partial charge in [-0.3, -0.25) is 14.5 Å². The Bertz CT molecular complexity index is 878. The lowest BCUT2D eigenvalue weighted by atomic mass is 9.95. The van der Waals surface area contributed by atoms with Crippen molar-refractivity contribution in [2.75, 3.05) is 57.3 Å². The molecule has 0 atom stereocenters. The number of anilines is 1. The molecule has 8 heteroatoms. The van der Waals surface area contributed by atoms with Gasteiger partial charge in [0.05, 0.1) is 0 Å². The molecule has 2 aliphatic heterocycles. The van der Waals surface area contributed by atoms with Crippen LogP contribution in [0.2, 0.25) is 0 Å². The zero-order chi connectivity index (χ0) is 22.9. The summed E-state index contributed by atoms with van der Waals surface area (Å²) in [5.41, 5.74) is 1.19. The first-order valence-electron chi connectivity index (χ1n) is 12.0. The van der Waals surface area contributed by atoms with Crippen molar-refractivity contribution in [1.29, 1.82) is 0 Å². The third-order valence-electron chi connectivity index (χ3n) is 6.62. The number of aryl methyl sites for hydroxylation is 1. The molecular formula is C25H34N6O2. The Hall–Kier alpha value is -3.00. The molecular weight excluding hydrogens is 416 g/mol. The normalized spacial score (nSPS) is 17.7. The first-order chi connectivity index (χ1) is 16.2. The van der Waals surface area contributed by atoms with E-state index in [4.69, 9.17) is 0 Å². The summed E-state index contributed by atoms with van der Waals surface area (Å²) in [7, 11) is 0. The smallest absolute Gasteiger partial charge is 0.225 e. The Morgan fingerprint density at radius 3 is 2.30 bits per heavy atom. The second-order valence-corrected chi connectivity index (χ2v) is 8.81. The number of hydrogen-bond donors (Lipinski definition) is 1. The van der Waals surface area contributed by atoms with Crippen LogP contribution in [0.3, 0.4) is 0 Å². The number of benzene rings is 1. The van der Waals surface area contributed by atoms with Gasteiger partial charge in [-0.25, -0.2) is 9.97 Å². The van der Waals surface area contributed by atoms with E-state index in [2.05, 4.69) is 37.2 Å². The molecule has 176 valence electrons. The van der Waals surface area contributed by atoms with E-state index >= 15 is 0 Å². The number of aromatic nitrogens is 2. The maximum atomic E-state index is 12.6. The lowest BCUT2D eigenvalue weighted by molar-refractivity contribution is -0.135. The molecule has 2 saturated heterocycles. The van der Waals surface area contributed by atoms with Crippen molar-refractivity contribution in [3.63, 3.8) is 0 Å². The van der Waals surface area contributed by atoms with Crippen molar-refractivity contribution >= 4 is 17.8 Å². The average molecular weight is 451 g/mol. The van der Waals surface area contributed by atoms with Crippen LogP contribution in [0.15, 0.2) is 48.8 Å². The number of piperidine rings is 1. The second-order valence-electron chi connectivity index (χ2n) is 8.81. The highest BCUT2D eigenvalue weighted by molar-refractivity contribution is 5.80. The predicted molar refractivity (Wildman–Crippen MR) is 128 cm³/mol. The minimum atomic E-state index is 0.00949. The third-order valence-corrected chi connectivity index (χ3v) is 6.62. The maximum absolute atomic E-state index is 12.6. The van der Waals surface area contributed by atoms with Gasteiger partial charge in [-0.1, -0.05) is 30.3 Å². The maximum Gasteiger partial charge on any atom is 0.225 e. The fourth-order valence-corrected chi connectivity index (χ4v) is 4.55. The molecule has 1 aromatic carbocycles. The van der Waals surface area contributed by atoms with Crippen LogP contribution in [-0.2, 0) is 16.0 Å². The number of hydrogen-bond acceptors (Lipinski definition) is 6. The van der Waals surface area contributed by atoms with Gasteiger partial charge in [0, 0.05) is 77.1 Å². The zero-order valence-electron chi connectivity index (χ0n) is 19.2. The Morgan fingerprint density at radius 1 is 0.909 bits per heavy atom. The number of rotatable bonds is 8. The standard InChI is InChI=1S/C25H34N6O2/c32-23(8-7-21-5-2-1-3-6-21)30-14-9-22(10-15-30)24(33)26-13-16-29-17-19-31(20-18-29)25-27-11-4-12-28-25/h1-6,11-12,22H,7-10,13-20H2,(H,26,33). The topological polar surface area (TPSA) is 81.7 Å². The molecule has 1 aromatic heterocycles. The number of carbonyl (C=O) groups is 2. The molecule has 0 spiro atoms. The zero-order valence-corrected chi connectivity index (χ0v) is 19.2. The van der Waals surface area contributed by atoms with E-state index in [9.17, 15) is 9.59 Å². The summed E-state index contributed by atoms with van der Waals surface area (Å²) in [6.07, 6.45) is 6.35. The van der Waals surface area contributed by atoms with Gasteiger partial charge in [0.1, 0.15) is 0 Å². The monoisotopic (exact) mass is 450 g/mol. The Labute approximate surface area is 196 Å². The Morgan fingerprint density at radius 2 is 1.61 bits per heavy atom. The molecule has 0 aliphatic carbocycles. The molecule has 2 aliphatic rings. The van der Waals surface area contributed by atoms with Gasteiger partial charge < -0.3 is 15.1 Å². The van der Waals surface area contributed by atoms with Crippen molar-refractivity contribution in [3.8, 4) is 0 Å². The molecule has 2 amide bonds. The van der Waals surface area contributed by atoms with Crippen LogP contribution in [0.4, 0.5) is 5.95 Å². The number of piperazine rings is 1. The average Bonchev–Trinajstić information content (AvgIpc) is 2.89. The minimum absolute atomic E-state index is 0.00949. The van der Waals surface area contributed by atoms with Crippen LogP contribution < -0.4 is 10.2 Å². The van der Waals surface area contributed by atoms with Gasteiger partial charge in [0.15, 0.2) is 0 Å². The third kappa shape index (κ3) is 6.74. The highest BCUT2D eigenvalue weighted by atomic mass is 16.2. The van der Waals surface area contributed by atoms with Crippen molar-refractivity contribution < 1.29 is 9.59 Å². The number of amides is 2. The van der Waals surface area contributed by atoms with E-state index in [0.29, 0.717) is 26.1 Å². The summed E-state index contributed by atoms with van der Waals surface area (Å²) >= 11 is 0. The first kappa shape index (κ1) is 23.2. The van der Waals surface area contributed by atoms with Crippen LogP contribution in [-0.4, -0.2) is 83.9 Å². The van der Waals surface area contributed by atoms with Crippen molar-refractivity contribution in [2.24, 2.45) is 5.92 Å². The van der Waals surface area contributed by atoms with Crippen LogP contribution >= 0.6 is 0 Å². The van der Waals surface area contributed by atoms with E-state index in [1.807, 2.05) is 29.2 Å². The molecule has 2 aromatic rings. The number of likely N-dealkylation sites (tertiary alicyclic amines) is 1. The molecule has 3 heterocycles. The van der Waals surface area contributed by atoms with Crippen LogP contribution in [0.1, 0.15) is 24.8 Å². The molecule has 4 rings (SSSR count). The predicted octanol–water partition coefficient (Wildman–Crippen LogP) is 1.59. The molecule has 0 bridgehead atoms. The van der Waals surface area contributed by atoms with Crippen LogP contribution in [0.25, 0.3) is 0 Å². The number of carbonyl (C=O) groups excluding carboxylic acids is 2. The fourth-order valence-electron chi connectivity index (χ4n) is 4.55. The van der Waals surface area contributed by atoms with E-state index in [0.717, 1.165) is 57.9 Å². The lowest BCUT2D eigenvalue weighted by Crippen LogP contribution is -2.49. The highest BCUT2D eigenvalue weighted by Gasteiger charge is 2.27. The van der Waals surface area contributed by atoms with Gasteiger partial charge in [-0.05, 0) is 30.9 Å². The van der Waals surface area contributed by atoms with Gasteiger partial charge in [-0.15, -0.1) is 0 Å². The van der Waals surface area contributed by atoms with Crippen molar-refractivity contribution in [3.05, 3.63) is 54.4 Å². The molecule has 0 saturated carbocycles. The second kappa shape index (κ2) is 11.7. The van der Waals surface area contributed by atoms with Gasteiger partial charge in [-0.2, -0.15) is 0 Å². The molecule has 2 fully saturated rings. The quantitative estimate of drug-likeness (QED) is 0.658. The fraction of sp³-hybridized carbons (Fsp3) is 0.520. The van der Waals surface area contributed by atoms with Crippen molar-refractivity contribution in [2.45, 2.75) is 25.7 Å². The summed E-state index contributed by atoms with van der Waals surface area (Å²) in [5, 5.41) is 3.11. The Kier molecular flexibility index (Phi) is 8.24. The van der Waals surface area contributed by atoms with Crippen LogP contribution in [0, 0.1) is 5.92 Å². The van der Waals surface area contributed by atoms with Gasteiger partial charge in [0.2, 0.25) is 17.8 Å². The summed E-state index contributed by atoms with van der Waals surface area (Å²) < 4.78 is 0. The molecule has 0 unspecified atom stereocenters. The molecule has 1 N–H and O–H groups in total. The Balaban J connectivity index is 1.09. The SMILES string of the molecule is O=C(NCCN1CCN(c2ncccn2)CC1)C1CCN(C(=O)CCc2ccccc2)CC1. The summed E-state index contributed by atoms with van der Waals surface area (Å²) in [6, 6.07) is 11.9. The molecule has 33 heavy (non-hydrogen) atoms. The van der Waals surface area contributed by atoms with Gasteiger partial charge in [0.25, 0.3) is 0 Å². The van der Waals surface area contributed by atoms with Crippen molar-refractivity contribution in [1.82, 2.24) is 25.1 Å². The van der Waals surface area contributed by atoms with E-state index in [1.54, 1.807) is 12.4 Å². The molecule has 8 nitrogen and oxygen atoms in total. The largest absolute Gasteiger partial charge is 0.355 e. The molecule has 0 radical (unpaired) electrons. The number of nitrogens with one attached hydrogen (secondary N) is 1. The first-order valence-corrected chi connectivity index (χ1v) is 12.0. The van der Waals surface area contributed by atoms with Gasteiger partial charge >= 0.3 is 0 Å². The van der Waals surface area contributed by atoms with Crippen LogP contribution in [0.5, 0.6) is 0 Å². The number of nitrogens with zero attached hydrogens (tertiary/aromatic N) is 5. The summed E-state index contributed by atoms with van der Waals surface area (Å²) in [4.78, 5) is 40.2. The highest BCUT2D eigenvalue weighted by Crippen LogP contribution is 2.18. The van der Waals surface area contributed by atoms with E-state index < -0.39 is 0 Å².